The molecule has 0 unspecified atom stereocenters. The second-order valence-electron chi connectivity index (χ2n) is 2.78. The number of hydrogen-bond donors (Lipinski definition) is 0. The van der Waals surface area contributed by atoms with Crippen LogP contribution in [-0.4, -0.2) is 15.3 Å². The molecule has 0 atom stereocenters. The molecule has 0 saturated heterocycles. The molecule has 1 nitrogen and oxygen atoms in total. The molecule has 0 N–H and O–H groups in total. The van der Waals surface area contributed by atoms with Crippen molar-refractivity contribution in [1.29, 1.82) is 0 Å². The monoisotopic (exact) mass is 222 g/mol. The predicted octanol–water partition coefficient (Wildman–Crippen LogP) is 1.48. The van der Waals surface area contributed by atoms with Gasteiger partial charge in [0.25, 0.3) is 0 Å². The topological polar surface area (TPSA) is 9.23 Å². The summed E-state index contributed by atoms with van der Waals surface area (Å²) >= 11 is 0.198. The minimum absolute atomic E-state index is 0.198. The Balaban J connectivity index is 2.58. The standard InChI is InChI=1S/C10H6OSe/c1-3-7-4-2-6-9-10(7)8(5-1)11-12-9/h1-6H. The minimum atomic E-state index is 0.198. The quantitative estimate of drug-likeness (QED) is 0.612. The van der Waals surface area contributed by atoms with Crippen LogP contribution in [0.5, 0.6) is 5.75 Å². The maximum atomic E-state index is 5.58. The Morgan fingerprint density at radius 2 is 1.83 bits per heavy atom. The molecule has 0 radical (unpaired) electrons. The molecular weight excluding hydrogens is 215 g/mol. The van der Waals surface area contributed by atoms with Crippen molar-refractivity contribution in [3.8, 4) is 5.75 Å². The van der Waals surface area contributed by atoms with E-state index in [1.807, 2.05) is 12.1 Å². The molecular formula is C10H6OSe. The molecule has 12 heavy (non-hydrogen) atoms. The third-order valence-electron chi connectivity index (χ3n) is 2.05. The molecule has 2 aromatic rings. The van der Waals surface area contributed by atoms with Crippen LogP contribution in [0.4, 0.5) is 0 Å². The molecule has 1 heterocycles. The summed E-state index contributed by atoms with van der Waals surface area (Å²) in [5.41, 5.74) is 0. The maximum absolute atomic E-state index is 5.58. The summed E-state index contributed by atoms with van der Waals surface area (Å²) < 4.78 is 6.95. The van der Waals surface area contributed by atoms with Gasteiger partial charge in [0, 0.05) is 0 Å². The summed E-state index contributed by atoms with van der Waals surface area (Å²) in [6.07, 6.45) is 0. The zero-order valence-corrected chi connectivity index (χ0v) is 7.99. The van der Waals surface area contributed by atoms with Gasteiger partial charge in [0.2, 0.25) is 0 Å². The second kappa shape index (κ2) is 2.25. The van der Waals surface area contributed by atoms with E-state index >= 15 is 0 Å². The van der Waals surface area contributed by atoms with Crippen molar-refractivity contribution in [3.05, 3.63) is 36.4 Å². The SMILES string of the molecule is c1cc2c3c(cccc3c1)[Se]O2. The van der Waals surface area contributed by atoms with Crippen LogP contribution in [0, 0.1) is 0 Å². The van der Waals surface area contributed by atoms with Gasteiger partial charge in [-0.05, 0) is 0 Å². The Bertz CT molecular complexity index is 412. The van der Waals surface area contributed by atoms with Gasteiger partial charge in [0.05, 0.1) is 0 Å². The zero-order valence-electron chi connectivity index (χ0n) is 6.28. The fourth-order valence-corrected chi connectivity index (χ4v) is 3.08. The van der Waals surface area contributed by atoms with Crippen LogP contribution in [0.3, 0.4) is 0 Å². The average molecular weight is 221 g/mol. The second-order valence-corrected chi connectivity index (χ2v) is 4.40. The fraction of sp³-hybridized carbons (Fsp3) is 0. The van der Waals surface area contributed by atoms with E-state index in [0.717, 1.165) is 5.75 Å². The van der Waals surface area contributed by atoms with E-state index in [1.54, 1.807) is 0 Å². The summed E-state index contributed by atoms with van der Waals surface area (Å²) in [5, 5.41) is 2.62. The Morgan fingerprint density at radius 1 is 1.00 bits per heavy atom. The van der Waals surface area contributed by atoms with Crippen molar-refractivity contribution in [1.82, 2.24) is 0 Å². The molecule has 0 spiro atoms. The van der Waals surface area contributed by atoms with Crippen molar-refractivity contribution in [2.24, 2.45) is 0 Å². The van der Waals surface area contributed by atoms with Gasteiger partial charge in [-0.15, -0.1) is 0 Å². The van der Waals surface area contributed by atoms with E-state index in [9.17, 15) is 0 Å². The van der Waals surface area contributed by atoms with Crippen molar-refractivity contribution in [2.45, 2.75) is 0 Å². The van der Waals surface area contributed by atoms with Crippen LogP contribution in [0.25, 0.3) is 10.8 Å². The number of hydrogen-bond acceptors (Lipinski definition) is 1. The summed E-state index contributed by atoms with van der Waals surface area (Å²) in [7, 11) is 0. The first kappa shape index (κ1) is 6.53. The van der Waals surface area contributed by atoms with E-state index in [1.165, 1.54) is 15.2 Å². The molecule has 0 aliphatic carbocycles. The van der Waals surface area contributed by atoms with E-state index < -0.39 is 0 Å². The van der Waals surface area contributed by atoms with E-state index in [-0.39, 0.29) is 15.3 Å². The van der Waals surface area contributed by atoms with Crippen LogP contribution in [0.2, 0.25) is 0 Å². The van der Waals surface area contributed by atoms with Crippen LogP contribution >= 0.6 is 0 Å². The van der Waals surface area contributed by atoms with Gasteiger partial charge in [0.15, 0.2) is 0 Å². The molecule has 0 aromatic heterocycles. The molecule has 0 bridgehead atoms. The molecule has 3 rings (SSSR count). The van der Waals surface area contributed by atoms with Gasteiger partial charge in [-0.3, -0.25) is 0 Å². The first-order valence-corrected chi connectivity index (χ1v) is 5.37. The summed E-state index contributed by atoms with van der Waals surface area (Å²) in [6, 6.07) is 12.6. The van der Waals surface area contributed by atoms with Gasteiger partial charge in [-0.1, -0.05) is 0 Å². The Morgan fingerprint density at radius 3 is 2.75 bits per heavy atom. The van der Waals surface area contributed by atoms with Gasteiger partial charge in [0.1, 0.15) is 0 Å². The van der Waals surface area contributed by atoms with Gasteiger partial charge in [-0.2, -0.15) is 0 Å². The molecule has 1 aliphatic heterocycles. The normalized spacial score (nSPS) is 13.3. The van der Waals surface area contributed by atoms with Crippen molar-refractivity contribution in [3.63, 3.8) is 0 Å². The van der Waals surface area contributed by atoms with Crippen LogP contribution in [-0.2, 0) is 0 Å². The van der Waals surface area contributed by atoms with Crippen molar-refractivity contribution < 1.29 is 3.82 Å². The first-order valence-electron chi connectivity index (χ1n) is 3.81. The van der Waals surface area contributed by atoms with E-state index in [0.29, 0.717) is 0 Å². The van der Waals surface area contributed by atoms with Crippen LogP contribution < -0.4 is 8.28 Å². The third kappa shape index (κ3) is 0.739. The third-order valence-corrected chi connectivity index (χ3v) is 3.69. The van der Waals surface area contributed by atoms with Crippen molar-refractivity contribution in [2.75, 3.05) is 0 Å². The summed E-state index contributed by atoms with van der Waals surface area (Å²) in [4.78, 5) is 0. The van der Waals surface area contributed by atoms with Crippen molar-refractivity contribution >= 4 is 30.5 Å². The molecule has 1 aliphatic rings. The number of rotatable bonds is 0. The summed E-state index contributed by atoms with van der Waals surface area (Å²) in [6.45, 7) is 0. The average Bonchev–Trinajstić information content (AvgIpc) is 2.52. The summed E-state index contributed by atoms with van der Waals surface area (Å²) in [5.74, 6) is 1.06. The zero-order chi connectivity index (χ0) is 7.97. The molecule has 2 heteroatoms. The van der Waals surface area contributed by atoms with E-state index in [4.69, 9.17) is 3.82 Å². The van der Waals surface area contributed by atoms with Gasteiger partial charge < -0.3 is 0 Å². The molecule has 58 valence electrons. The Kier molecular flexibility index (Phi) is 1.23. The Labute approximate surface area is 76.8 Å². The predicted molar refractivity (Wildman–Crippen MR) is 50.0 cm³/mol. The van der Waals surface area contributed by atoms with Crippen LogP contribution in [0.15, 0.2) is 36.4 Å². The molecule has 2 aromatic carbocycles. The van der Waals surface area contributed by atoms with Crippen LogP contribution in [0.1, 0.15) is 0 Å². The molecule has 0 saturated carbocycles. The van der Waals surface area contributed by atoms with Gasteiger partial charge in [-0.25, -0.2) is 0 Å². The molecule has 0 fully saturated rings. The Hall–Kier alpha value is -0.981. The first-order chi connectivity index (χ1) is 5.95. The fourth-order valence-electron chi connectivity index (χ4n) is 1.50. The number of benzene rings is 2. The van der Waals surface area contributed by atoms with E-state index in [2.05, 4.69) is 24.3 Å². The van der Waals surface area contributed by atoms with Gasteiger partial charge >= 0.3 is 76.5 Å². The molecule has 0 amide bonds.